The summed E-state index contributed by atoms with van der Waals surface area (Å²) >= 11 is 0. The summed E-state index contributed by atoms with van der Waals surface area (Å²) in [6.07, 6.45) is -2.61. The maximum absolute atomic E-state index is 12.4. The number of aromatic hydroxyl groups is 3. The number of fused-ring (bicyclic) bond motifs is 1. The van der Waals surface area contributed by atoms with Crippen molar-refractivity contribution in [1.29, 1.82) is 0 Å². The largest absolute Gasteiger partial charge is 0.508 e. The minimum Gasteiger partial charge on any atom is -0.508 e. The Labute approximate surface area is 131 Å². The third kappa shape index (κ3) is 2.40. The van der Waals surface area contributed by atoms with E-state index in [1.807, 2.05) is 0 Å². The van der Waals surface area contributed by atoms with Gasteiger partial charge in [-0.3, -0.25) is 4.79 Å². The lowest BCUT2D eigenvalue weighted by atomic mass is 9.92. The molecule has 7 heteroatoms. The van der Waals surface area contributed by atoms with Crippen molar-refractivity contribution in [2.45, 2.75) is 12.2 Å². The first-order valence-electron chi connectivity index (χ1n) is 6.74. The Hall–Kier alpha value is -2.93. The van der Waals surface area contributed by atoms with Crippen molar-refractivity contribution in [2.24, 2.45) is 0 Å². The fraction of sp³-hybridized carbons (Fsp3) is 0.188. The van der Waals surface area contributed by atoms with Gasteiger partial charge in [-0.1, -0.05) is 6.07 Å². The molecule has 2 aromatic carbocycles. The van der Waals surface area contributed by atoms with Crippen LogP contribution in [-0.4, -0.2) is 39.4 Å². The average Bonchev–Trinajstić information content (AvgIpc) is 2.52. The maximum Gasteiger partial charge on any atom is 0.202 e. The molecular weight excluding hydrogens is 304 g/mol. The number of hydrogen-bond donors (Lipinski definition) is 4. The summed E-state index contributed by atoms with van der Waals surface area (Å²) in [5.74, 6) is -1.35. The molecule has 1 aliphatic heterocycles. The van der Waals surface area contributed by atoms with Gasteiger partial charge in [0.2, 0.25) is 5.78 Å². The second-order valence-electron chi connectivity index (χ2n) is 5.12. The summed E-state index contributed by atoms with van der Waals surface area (Å²) in [5, 5.41) is 38.9. The van der Waals surface area contributed by atoms with Gasteiger partial charge in [-0.25, -0.2) is 0 Å². The normalized spacial score (nSPS) is 19.8. The molecule has 0 spiro atoms. The molecule has 23 heavy (non-hydrogen) atoms. The molecule has 1 aliphatic rings. The summed E-state index contributed by atoms with van der Waals surface area (Å²) < 4.78 is 10.7. The number of carbonyl (C=O) groups excluding carboxylic acids is 1. The van der Waals surface area contributed by atoms with Gasteiger partial charge in [0, 0.05) is 12.1 Å². The van der Waals surface area contributed by atoms with Crippen LogP contribution < -0.4 is 9.47 Å². The Kier molecular flexibility index (Phi) is 3.49. The number of aliphatic hydroxyl groups is 1. The summed E-state index contributed by atoms with van der Waals surface area (Å²) in [6, 6.07) is 6.33. The molecule has 0 aromatic heterocycles. The number of rotatable bonds is 2. The Bertz CT molecular complexity index is 784. The van der Waals surface area contributed by atoms with Gasteiger partial charge >= 0.3 is 0 Å². The first-order chi connectivity index (χ1) is 10.9. The molecule has 0 saturated heterocycles. The fourth-order valence-electron chi connectivity index (χ4n) is 2.53. The van der Waals surface area contributed by atoms with E-state index in [0.717, 1.165) is 0 Å². The summed E-state index contributed by atoms with van der Waals surface area (Å²) in [5.41, 5.74) is 0.339. The molecule has 0 amide bonds. The van der Waals surface area contributed by atoms with E-state index in [1.165, 1.54) is 37.4 Å². The van der Waals surface area contributed by atoms with Gasteiger partial charge in [0.25, 0.3) is 0 Å². The lowest BCUT2D eigenvalue weighted by molar-refractivity contribution is 0.0209. The molecule has 2 atom stereocenters. The van der Waals surface area contributed by atoms with E-state index in [9.17, 15) is 25.2 Å². The number of ketones is 1. The summed E-state index contributed by atoms with van der Waals surface area (Å²) in [7, 11) is 1.33. The third-order valence-corrected chi connectivity index (χ3v) is 3.65. The van der Waals surface area contributed by atoms with Crippen LogP contribution in [0.15, 0.2) is 30.3 Å². The standard InChI is InChI=1S/C16H14O7/c1-22-11-5-8(17)6-12-13(11)14(20)15(21)16(23-12)7-2-3-9(18)10(19)4-7/h2-6,15-19,21H,1H3. The Morgan fingerprint density at radius 2 is 1.83 bits per heavy atom. The van der Waals surface area contributed by atoms with Crippen molar-refractivity contribution >= 4 is 5.78 Å². The van der Waals surface area contributed by atoms with Crippen LogP contribution in [0.4, 0.5) is 0 Å². The number of phenolic OH excluding ortho intramolecular Hbond substituents is 3. The smallest absolute Gasteiger partial charge is 0.202 e. The van der Waals surface area contributed by atoms with Crippen LogP contribution in [0.3, 0.4) is 0 Å². The van der Waals surface area contributed by atoms with Crippen LogP contribution >= 0.6 is 0 Å². The highest BCUT2D eigenvalue weighted by molar-refractivity contribution is 6.05. The van der Waals surface area contributed by atoms with E-state index >= 15 is 0 Å². The Balaban J connectivity index is 2.09. The zero-order valence-electron chi connectivity index (χ0n) is 12.1. The molecule has 0 fully saturated rings. The van der Waals surface area contributed by atoms with Gasteiger partial charge in [-0.2, -0.15) is 0 Å². The molecule has 120 valence electrons. The molecule has 4 N–H and O–H groups in total. The van der Waals surface area contributed by atoms with Crippen molar-refractivity contribution in [3.8, 4) is 28.7 Å². The fourth-order valence-corrected chi connectivity index (χ4v) is 2.53. The zero-order chi connectivity index (χ0) is 16.7. The predicted octanol–water partition coefficient (Wildman–Crippen LogP) is 1.49. The minimum atomic E-state index is -1.52. The van der Waals surface area contributed by atoms with E-state index < -0.39 is 23.7 Å². The molecule has 2 unspecified atom stereocenters. The Morgan fingerprint density at radius 1 is 1.09 bits per heavy atom. The number of Topliss-reactive ketones (excluding diaryl/α,β-unsaturated/α-hetero) is 1. The number of carbonyl (C=O) groups is 1. The average molecular weight is 318 g/mol. The number of methoxy groups -OCH3 is 1. The minimum absolute atomic E-state index is 0.0389. The maximum atomic E-state index is 12.4. The van der Waals surface area contributed by atoms with Gasteiger partial charge in [0.1, 0.15) is 22.8 Å². The van der Waals surface area contributed by atoms with E-state index in [2.05, 4.69) is 0 Å². The number of hydrogen-bond acceptors (Lipinski definition) is 7. The highest BCUT2D eigenvalue weighted by atomic mass is 16.5. The van der Waals surface area contributed by atoms with Crippen molar-refractivity contribution in [3.05, 3.63) is 41.5 Å². The molecule has 3 rings (SSSR count). The number of benzene rings is 2. The second kappa shape index (κ2) is 5.36. The molecule has 7 nitrogen and oxygen atoms in total. The number of aliphatic hydroxyl groups excluding tert-OH is 1. The van der Waals surface area contributed by atoms with E-state index in [1.54, 1.807) is 0 Å². The second-order valence-corrected chi connectivity index (χ2v) is 5.12. The predicted molar refractivity (Wildman–Crippen MR) is 78.1 cm³/mol. The quantitative estimate of drug-likeness (QED) is 0.620. The molecule has 0 radical (unpaired) electrons. The van der Waals surface area contributed by atoms with Crippen LogP contribution in [0.1, 0.15) is 22.0 Å². The van der Waals surface area contributed by atoms with E-state index in [0.29, 0.717) is 5.56 Å². The molecule has 2 aromatic rings. The highest BCUT2D eigenvalue weighted by Crippen LogP contribution is 2.43. The van der Waals surface area contributed by atoms with Crippen molar-refractivity contribution in [2.75, 3.05) is 7.11 Å². The number of phenols is 3. The van der Waals surface area contributed by atoms with Gasteiger partial charge in [-0.05, 0) is 17.7 Å². The van der Waals surface area contributed by atoms with Crippen LogP contribution in [0.5, 0.6) is 28.7 Å². The van der Waals surface area contributed by atoms with Gasteiger partial charge in [-0.15, -0.1) is 0 Å². The SMILES string of the molecule is COc1cc(O)cc2c1C(=O)C(O)C(c1ccc(O)c(O)c1)O2. The van der Waals surface area contributed by atoms with Crippen molar-refractivity contribution in [3.63, 3.8) is 0 Å². The van der Waals surface area contributed by atoms with Crippen LogP contribution in [-0.2, 0) is 0 Å². The third-order valence-electron chi connectivity index (χ3n) is 3.65. The van der Waals surface area contributed by atoms with Crippen LogP contribution in [0.2, 0.25) is 0 Å². The molecule has 0 aliphatic carbocycles. The monoisotopic (exact) mass is 318 g/mol. The lowest BCUT2D eigenvalue weighted by Crippen LogP contribution is -2.36. The van der Waals surface area contributed by atoms with Gasteiger partial charge < -0.3 is 29.9 Å². The topological polar surface area (TPSA) is 116 Å². The molecule has 1 heterocycles. The van der Waals surface area contributed by atoms with E-state index in [4.69, 9.17) is 9.47 Å². The number of ether oxygens (including phenoxy) is 2. The van der Waals surface area contributed by atoms with Crippen LogP contribution in [0.25, 0.3) is 0 Å². The first-order valence-corrected chi connectivity index (χ1v) is 6.74. The molecule has 0 bridgehead atoms. The Morgan fingerprint density at radius 3 is 2.48 bits per heavy atom. The zero-order valence-corrected chi connectivity index (χ0v) is 12.1. The molecule has 0 saturated carbocycles. The molecular formula is C16H14O7. The van der Waals surface area contributed by atoms with Gasteiger partial charge in [0.05, 0.1) is 7.11 Å². The van der Waals surface area contributed by atoms with Gasteiger partial charge in [0.15, 0.2) is 23.7 Å². The summed E-state index contributed by atoms with van der Waals surface area (Å²) in [6.45, 7) is 0. The van der Waals surface area contributed by atoms with Crippen LogP contribution in [0, 0.1) is 0 Å². The van der Waals surface area contributed by atoms with Crippen molar-refractivity contribution < 1.29 is 34.7 Å². The first kappa shape index (κ1) is 15.0. The highest BCUT2D eigenvalue weighted by Gasteiger charge is 2.39. The lowest BCUT2D eigenvalue weighted by Gasteiger charge is -2.30. The summed E-state index contributed by atoms with van der Waals surface area (Å²) in [4.78, 5) is 12.4. The van der Waals surface area contributed by atoms with E-state index in [-0.39, 0.29) is 28.6 Å². The van der Waals surface area contributed by atoms with Crippen molar-refractivity contribution in [1.82, 2.24) is 0 Å².